The van der Waals surface area contributed by atoms with Gasteiger partial charge in [-0.05, 0) is 97.0 Å². The smallest absolute Gasteiger partial charge is 0.260 e. The van der Waals surface area contributed by atoms with Gasteiger partial charge in [-0.2, -0.15) is 5.01 Å². The van der Waals surface area contributed by atoms with Gasteiger partial charge in [0.2, 0.25) is 11.8 Å². The molecule has 9 rings (SSSR count). The zero-order valence-corrected chi connectivity index (χ0v) is 33.9. The molecule has 1 saturated carbocycles. The Labute approximate surface area is 352 Å². The number of phenolic OH excluding ortho intramolecular Hbond substituents is 1. The Morgan fingerprint density at radius 2 is 1.55 bits per heavy atom. The molecular formula is C49H42ClN3O7. The summed E-state index contributed by atoms with van der Waals surface area (Å²) < 4.78 is 10.9. The van der Waals surface area contributed by atoms with Gasteiger partial charge in [0.1, 0.15) is 17.2 Å². The third-order valence-electron chi connectivity index (χ3n) is 12.7. The number of benzene rings is 5. The van der Waals surface area contributed by atoms with E-state index in [2.05, 4.69) is 5.43 Å². The number of ether oxygens (including phenoxy) is 2. The molecule has 0 aromatic heterocycles. The molecule has 2 N–H and O–H groups in total. The summed E-state index contributed by atoms with van der Waals surface area (Å²) in [5.74, 6) is -3.99. The van der Waals surface area contributed by atoms with Crippen molar-refractivity contribution < 1.29 is 33.8 Å². The topological polar surface area (TPSA) is 125 Å². The number of amides is 4. The summed E-state index contributed by atoms with van der Waals surface area (Å²) >= 11 is 7.01. The van der Waals surface area contributed by atoms with Crippen LogP contribution in [-0.2, 0) is 24.6 Å². The van der Waals surface area contributed by atoms with E-state index in [4.69, 9.17) is 21.1 Å². The average molecular weight is 820 g/mol. The number of hydrogen-bond acceptors (Lipinski definition) is 8. The molecule has 2 heterocycles. The van der Waals surface area contributed by atoms with Crippen LogP contribution in [0.1, 0.15) is 46.6 Å². The number of halogens is 1. The Hall–Kier alpha value is -6.65. The van der Waals surface area contributed by atoms with Crippen molar-refractivity contribution in [2.45, 2.75) is 31.1 Å². The fraction of sp³-hybridized carbons (Fsp3) is 0.224. The van der Waals surface area contributed by atoms with E-state index in [1.807, 2.05) is 110 Å². The van der Waals surface area contributed by atoms with E-state index >= 15 is 4.79 Å². The largest absolute Gasteiger partial charge is 0.508 e. The summed E-state index contributed by atoms with van der Waals surface area (Å²) in [5, 5.41) is 11.8. The molecule has 2 aliphatic carbocycles. The maximum Gasteiger partial charge on any atom is 0.260 e. The fourth-order valence-electron chi connectivity index (χ4n) is 9.99. The predicted octanol–water partition coefficient (Wildman–Crippen LogP) is 8.73. The van der Waals surface area contributed by atoms with E-state index in [0.717, 1.165) is 27.3 Å². The van der Waals surface area contributed by atoms with Gasteiger partial charge >= 0.3 is 0 Å². The van der Waals surface area contributed by atoms with Crippen LogP contribution >= 0.6 is 11.6 Å². The van der Waals surface area contributed by atoms with Gasteiger partial charge in [-0.25, -0.2) is 0 Å². The van der Waals surface area contributed by atoms with E-state index in [9.17, 15) is 19.5 Å². The third-order valence-corrected chi connectivity index (χ3v) is 13.1. The van der Waals surface area contributed by atoms with Crippen LogP contribution in [0.2, 0.25) is 5.02 Å². The lowest BCUT2D eigenvalue weighted by Crippen LogP contribution is -2.53. The molecular weight excluding hydrogens is 778 g/mol. The molecule has 60 heavy (non-hydrogen) atoms. The number of hydrogen-bond donors (Lipinski definition) is 2. The second kappa shape index (κ2) is 15.2. The molecule has 2 saturated heterocycles. The van der Waals surface area contributed by atoms with Gasteiger partial charge < -0.3 is 14.6 Å². The number of nitrogens with zero attached hydrogens (tertiary/aromatic N) is 2. The van der Waals surface area contributed by atoms with Gasteiger partial charge in [0, 0.05) is 16.5 Å². The van der Waals surface area contributed by atoms with Crippen molar-refractivity contribution in [1.29, 1.82) is 0 Å². The molecule has 6 unspecified atom stereocenters. The summed E-state index contributed by atoms with van der Waals surface area (Å²) in [7, 11) is 3.21. The quantitative estimate of drug-likeness (QED) is 0.0860. The SMILES string of the molecule is COc1ccc(OC)c(C=Cc2ccc(N3C(=O)C4CC=C5C(CC6C(=O)N(Nc7ccc(C)cc7)C(=O)C6(c6ccccc6)C5c5ccc(O)cc5Cl)C4C3=O)cc2)c1. The number of carbonyl (C=O) groups excluding carboxylic acids is 4. The molecule has 0 spiro atoms. The first-order chi connectivity index (χ1) is 29.0. The molecule has 10 nitrogen and oxygen atoms in total. The number of imide groups is 2. The first kappa shape index (κ1) is 38.8. The lowest BCUT2D eigenvalue weighted by atomic mass is 9.49. The maximum atomic E-state index is 15.4. The number of carbonyl (C=O) groups is 4. The van der Waals surface area contributed by atoms with Gasteiger partial charge in [-0.3, -0.25) is 29.5 Å². The van der Waals surface area contributed by atoms with Crippen LogP contribution in [0.3, 0.4) is 0 Å². The van der Waals surface area contributed by atoms with E-state index in [0.29, 0.717) is 34.0 Å². The molecule has 3 fully saturated rings. The number of phenols is 1. The zero-order chi connectivity index (χ0) is 41.9. The van der Waals surface area contributed by atoms with E-state index in [-0.39, 0.29) is 35.4 Å². The number of methoxy groups -OCH3 is 2. The summed E-state index contributed by atoms with van der Waals surface area (Å²) in [6.07, 6.45) is 6.22. The van der Waals surface area contributed by atoms with Crippen molar-refractivity contribution in [1.82, 2.24) is 5.01 Å². The Kier molecular flexibility index (Phi) is 9.83. The van der Waals surface area contributed by atoms with Crippen LogP contribution in [0.25, 0.3) is 12.2 Å². The number of aromatic hydroxyl groups is 1. The van der Waals surface area contributed by atoms with Crippen LogP contribution in [0.4, 0.5) is 11.4 Å². The second-order valence-corrected chi connectivity index (χ2v) is 16.2. The van der Waals surface area contributed by atoms with Gasteiger partial charge in [0.05, 0.1) is 48.8 Å². The number of allylic oxidation sites excluding steroid dienone is 2. The molecule has 0 bridgehead atoms. The summed E-state index contributed by atoms with van der Waals surface area (Å²) in [5.41, 5.74) is 7.29. The fourth-order valence-corrected chi connectivity index (χ4v) is 10.3. The first-order valence-electron chi connectivity index (χ1n) is 19.9. The maximum absolute atomic E-state index is 15.4. The third kappa shape index (κ3) is 6.16. The monoisotopic (exact) mass is 819 g/mol. The zero-order valence-electron chi connectivity index (χ0n) is 33.2. The highest BCUT2D eigenvalue weighted by Crippen LogP contribution is 2.65. The molecule has 2 aliphatic heterocycles. The second-order valence-electron chi connectivity index (χ2n) is 15.8. The summed E-state index contributed by atoms with van der Waals surface area (Å²) in [6.45, 7) is 1.95. The molecule has 302 valence electrons. The summed E-state index contributed by atoms with van der Waals surface area (Å²) in [4.78, 5) is 60.7. The number of hydrazine groups is 1. The highest BCUT2D eigenvalue weighted by molar-refractivity contribution is 6.31. The summed E-state index contributed by atoms with van der Waals surface area (Å²) in [6, 6.07) is 34.1. The molecule has 0 radical (unpaired) electrons. The van der Waals surface area contributed by atoms with Crippen LogP contribution in [-0.4, -0.2) is 48.0 Å². The van der Waals surface area contributed by atoms with Gasteiger partial charge in [-0.1, -0.05) is 102 Å². The molecule has 6 atom stereocenters. The Morgan fingerprint density at radius 3 is 2.25 bits per heavy atom. The van der Waals surface area contributed by atoms with Gasteiger partial charge in [-0.15, -0.1) is 0 Å². The number of rotatable bonds is 9. The predicted molar refractivity (Wildman–Crippen MR) is 229 cm³/mol. The van der Waals surface area contributed by atoms with Crippen LogP contribution < -0.4 is 19.8 Å². The number of aryl methyl sites for hydroxylation is 1. The van der Waals surface area contributed by atoms with Gasteiger partial charge in [0.15, 0.2) is 0 Å². The molecule has 11 heteroatoms. The standard InChI is InChI=1S/C49H42ClN3O7/c1-28-9-15-32(16-10-28)51-53-46(56)40-27-39-36(44(37-21-19-34(54)26-41(37)50)49(40,48(53)58)31-7-5-4-6-8-31)22-23-38-43(39)47(57)52(45(38)55)33-17-12-29(13-18-33)11-14-30-25-35(59-2)20-24-42(30)60-3/h4-22,24-26,38-40,43-44,51,54H,23,27H2,1-3H3. The van der Waals surface area contributed by atoms with Crippen LogP contribution in [0.5, 0.6) is 17.2 Å². The van der Waals surface area contributed by atoms with Crippen molar-refractivity contribution in [3.8, 4) is 17.2 Å². The minimum Gasteiger partial charge on any atom is -0.508 e. The molecule has 4 aliphatic rings. The molecule has 4 amide bonds. The van der Waals surface area contributed by atoms with Crippen LogP contribution in [0.15, 0.2) is 127 Å². The lowest BCUT2D eigenvalue weighted by Gasteiger charge is -2.50. The molecule has 5 aromatic rings. The highest BCUT2D eigenvalue weighted by Gasteiger charge is 2.70. The highest BCUT2D eigenvalue weighted by atomic mass is 35.5. The average Bonchev–Trinajstić information content (AvgIpc) is 3.64. The van der Waals surface area contributed by atoms with Crippen molar-refractivity contribution in [3.05, 3.63) is 160 Å². The molecule has 5 aromatic carbocycles. The minimum atomic E-state index is -1.48. The Morgan fingerprint density at radius 1 is 0.800 bits per heavy atom. The van der Waals surface area contributed by atoms with E-state index < -0.39 is 46.8 Å². The first-order valence-corrected chi connectivity index (χ1v) is 20.3. The normalized spacial score (nSPS) is 24.6. The van der Waals surface area contributed by atoms with Crippen molar-refractivity contribution in [2.75, 3.05) is 24.5 Å². The Bertz CT molecular complexity index is 2610. The lowest BCUT2D eigenvalue weighted by molar-refractivity contribution is -0.138. The minimum absolute atomic E-state index is 0.0515. The van der Waals surface area contributed by atoms with Crippen molar-refractivity contribution >= 4 is 58.8 Å². The number of nitrogens with one attached hydrogen (secondary N) is 1. The Balaban J connectivity index is 1.10. The van der Waals surface area contributed by atoms with Gasteiger partial charge in [0.25, 0.3) is 11.8 Å². The van der Waals surface area contributed by atoms with Crippen LogP contribution in [0, 0.1) is 30.6 Å². The van der Waals surface area contributed by atoms with Crippen molar-refractivity contribution in [3.63, 3.8) is 0 Å². The van der Waals surface area contributed by atoms with Crippen molar-refractivity contribution in [2.24, 2.45) is 23.7 Å². The van der Waals surface area contributed by atoms with E-state index in [1.54, 1.807) is 32.4 Å². The van der Waals surface area contributed by atoms with E-state index in [1.165, 1.54) is 17.0 Å². The number of fused-ring (bicyclic) bond motifs is 4. The number of anilines is 2.